The molecule has 2 saturated heterocycles. The Morgan fingerprint density at radius 3 is 2.83 bits per heavy atom. The quantitative estimate of drug-likeness (QED) is 0.644. The predicted octanol–water partition coefficient (Wildman–Crippen LogP) is 3.65. The Morgan fingerprint density at radius 1 is 1.17 bits per heavy atom. The Balaban J connectivity index is 1.47. The lowest BCUT2D eigenvalue weighted by atomic mass is 10.0. The van der Waals surface area contributed by atoms with E-state index in [2.05, 4.69) is 27.3 Å². The van der Waals surface area contributed by atoms with E-state index in [1.54, 1.807) is 18.5 Å². The molecule has 8 heteroatoms. The van der Waals surface area contributed by atoms with Crippen LogP contribution in [0.2, 0.25) is 0 Å². The average molecular weight is 421 g/mol. The monoisotopic (exact) mass is 421 g/mol. The van der Waals surface area contributed by atoms with Gasteiger partial charge in [-0.15, -0.1) is 0 Å². The van der Waals surface area contributed by atoms with Gasteiger partial charge in [-0.2, -0.15) is 0 Å². The summed E-state index contributed by atoms with van der Waals surface area (Å²) in [7, 11) is 0. The van der Waals surface area contributed by atoms with Gasteiger partial charge in [-0.25, -0.2) is 0 Å². The molecule has 7 nitrogen and oxygen atoms in total. The minimum atomic E-state index is -0.403. The standard InChI is InChI=1S/C22H19N3O4S/c26-21-19(30-22(27)24-21)10-17-9-16-11-23-12-18(20(16)29-17)15-3-1-2-14(8-15)13-25-4-6-28-7-5-25/h1-3,8-12H,4-7,13H2,(H,24,26,27). The normalized spacial score (nSPS) is 19.0. The van der Waals surface area contributed by atoms with Crippen LogP contribution in [0.25, 0.3) is 28.2 Å². The van der Waals surface area contributed by atoms with Gasteiger partial charge in [-0.3, -0.25) is 24.8 Å². The van der Waals surface area contributed by atoms with Crippen molar-refractivity contribution in [3.8, 4) is 11.1 Å². The number of fused-ring (bicyclic) bond motifs is 1. The second-order valence-electron chi connectivity index (χ2n) is 7.20. The molecule has 152 valence electrons. The van der Waals surface area contributed by atoms with Crippen molar-refractivity contribution in [3.63, 3.8) is 0 Å². The lowest BCUT2D eigenvalue weighted by Gasteiger charge is -2.26. The zero-order chi connectivity index (χ0) is 20.5. The topological polar surface area (TPSA) is 84.7 Å². The molecule has 0 unspecified atom stereocenters. The summed E-state index contributed by atoms with van der Waals surface area (Å²) in [6, 6.07) is 10.2. The summed E-state index contributed by atoms with van der Waals surface area (Å²) >= 11 is 0.870. The minimum Gasteiger partial charge on any atom is -0.456 e. The largest absolute Gasteiger partial charge is 0.456 e. The lowest BCUT2D eigenvalue weighted by molar-refractivity contribution is -0.115. The Bertz CT molecular complexity index is 1160. The molecule has 5 rings (SSSR count). The smallest absolute Gasteiger partial charge is 0.290 e. The van der Waals surface area contributed by atoms with Crippen LogP contribution in [0, 0.1) is 0 Å². The number of furan rings is 1. The van der Waals surface area contributed by atoms with Crippen molar-refractivity contribution in [1.29, 1.82) is 0 Å². The third-order valence-corrected chi connectivity index (χ3v) is 5.92. The Morgan fingerprint density at radius 2 is 2.03 bits per heavy atom. The maximum Gasteiger partial charge on any atom is 0.290 e. The highest BCUT2D eigenvalue weighted by Gasteiger charge is 2.25. The Kier molecular flexibility index (Phi) is 5.12. The van der Waals surface area contributed by atoms with E-state index in [0.29, 0.717) is 16.2 Å². The molecule has 2 amide bonds. The number of ether oxygens (including phenoxy) is 1. The summed E-state index contributed by atoms with van der Waals surface area (Å²) in [5, 5.41) is 2.72. The number of pyridine rings is 1. The van der Waals surface area contributed by atoms with Crippen molar-refractivity contribution in [2.75, 3.05) is 26.3 Å². The molecule has 3 aromatic rings. The Labute approximate surface area is 177 Å². The third kappa shape index (κ3) is 3.89. The number of morpholine rings is 1. The van der Waals surface area contributed by atoms with E-state index < -0.39 is 5.91 Å². The molecule has 2 fully saturated rings. The average Bonchev–Trinajstić information content (AvgIpc) is 3.30. The number of aromatic nitrogens is 1. The van der Waals surface area contributed by atoms with Gasteiger partial charge in [-0.05, 0) is 35.0 Å². The number of hydrogen-bond donors (Lipinski definition) is 1. The van der Waals surface area contributed by atoms with E-state index in [0.717, 1.165) is 61.1 Å². The van der Waals surface area contributed by atoms with Crippen LogP contribution < -0.4 is 5.32 Å². The van der Waals surface area contributed by atoms with Crippen LogP contribution in [0.4, 0.5) is 4.79 Å². The summed E-state index contributed by atoms with van der Waals surface area (Å²) in [4.78, 5) is 30.2. The summed E-state index contributed by atoms with van der Waals surface area (Å²) in [6.07, 6.45) is 5.11. The maximum atomic E-state index is 11.8. The molecule has 0 radical (unpaired) electrons. The zero-order valence-electron chi connectivity index (χ0n) is 16.1. The molecule has 0 bridgehead atoms. The van der Waals surface area contributed by atoms with E-state index in [4.69, 9.17) is 9.15 Å². The van der Waals surface area contributed by atoms with Crippen molar-refractivity contribution in [2.45, 2.75) is 6.54 Å². The highest BCUT2D eigenvalue weighted by Crippen LogP contribution is 2.33. The first-order valence-electron chi connectivity index (χ1n) is 9.67. The number of amides is 2. The van der Waals surface area contributed by atoms with Crippen LogP contribution >= 0.6 is 11.8 Å². The summed E-state index contributed by atoms with van der Waals surface area (Å²) in [5.74, 6) is 0.107. The molecule has 0 aliphatic carbocycles. The van der Waals surface area contributed by atoms with Crippen LogP contribution in [0.1, 0.15) is 11.3 Å². The van der Waals surface area contributed by atoms with Crippen molar-refractivity contribution < 1.29 is 18.7 Å². The zero-order valence-corrected chi connectivity index (χ0v) is 16.9. The highest BCUT2D eigenvalue weighted by molar-refractivity contribution is 8.18. The maximum absolute atomic E-state index is 11.8. The van der Waals surface area contributed by atoms with Crippen LogP contribution in [0.3, 0.4) is 0 Å². The molecule has 2 aromatic heterocycles. The minimum absolute atomic E-state index is 0.320. The van der Waals surface area contributed by atoms with Gasteiger partial charge in [0.2, 0.25) is 0 Å². The molecule has 1 aromatic carbocycles. The molecular formula is C22H19N3O4S. The molecule has 30 heavy (non-hydrogen) atoms. The second kappa shape index (κ2) is 8.06. The van der Waals surface area contributed by atoms with Gasteiger partial charge < -0.3 is 9.15 Å². The molecule has 0 atom stereocenters. The first kappa shape index (κ1) is 19.0. The van der Waals surface area contributed by atoms with Gasteiger partial charge in [0.25, 0.3) is 11.1 Å². The van der Waals surface area contributed by atoms with Crippen molar-refractivity contribution in [3.05, 3.63) is 59.0 Å². The van der Waals surface area contributed by atoms with Crippen LogP contribution in [-0.4, -0.2) is 47.3 Å². The Hall–Kier alpha value is -2.94. The molecule has 2 aliphatic heterocycles. The number of benzene rings is 1. The number of imide groups is 1. The van der Waals surface area contributed by atoms with E-state index in [1.165, 1.54) is 5.56 Å². The number of nitrogens with one attached hydrogen (secondary N) is 1. The van der Waals surface area contributed by atoms with E-state index in [9.17, 15) is 9.59 Å². The number of carbonyl (C=O) groups is 2. The number of carbonyl (C=O) groups excluding carboxylic acids is 2. The summed E-state index contributed by atoms with van der Waals surface area (Å²) < 4.78 is 11.5. The van der Waals surface area contributed by atoms with Gasteiger partial charge in [-0.1, -0.05) is 18.2 Å². The second-order valence-corrected chi connectivity index (χ2v) is 8.21. The third-order valence-electron chi connectivity index (χ3n) is 5.11. The van der Waals surface area contributed by atoms with Gasteiger partial charge in [0.1, 0.15) is 11.3 Å². The molecule has 2 aliphatic rings. The van der Waals surface area contributed by atoms with Gasteiger partial charge >= 0.3 is 0 Å². The fraction of sp³-hybridized carbons (Fsp3) is 0.227. The fourth-order valence-electron chi connectivity index (χ4n) is 3.66. The van der Waals surface area contributed by atoms with E-state index in [-0.39, 0.29) is 5.24 Å². The number of hydrogen-bond acceptors (Lipinski definition) is 7. The summed E-state index contributed by atoms with van der Waals surface area (Å²) in [6.45, 7) is 4.29. The van der Waals surface area contributed by atoms with Gasteiger partial charge in [0, 0.05) is 49.1 Å². The molecule has 0 saturated carbocycles. The van der Waals surface area contributed by atoms with Crippen LogP contribution in [0.5, 0.6) is 0 Å². The van der Waals surface area contributed by atoms with Crippen molar-refractivity contribution in [1.82, 2.24) is 15.2 Å². The number of rotatable bonds is 4. The van der Waals surface area contributed by atoms with Crippen molar-refractivity contribution >= 4 is 40.0 Å². The SMILES string of the molecule is O=C1NC(=O)C(=Cc2cc3cncc(-c4cccc(CN5CCOCC5)c4)c3o2)S1. The molecular weight excluding hydrogens is 402 g/mol. The molecule has 4 heterocycles. The number of nitrogens with zero attached hydrogens (tertiary/aromatic N) is 2. The van der Waals surface area contributed by atoms with Crippen LogP contribution in [0.15, 0.2) is 52.0 Å². The predicted molar refractivity (Wildman–Crippen MR) is 115 cm³/mol. The van der Waals surface area contributed by atoms with Crippen molar-refractivity contribution in [2.24, 2.45) is 0 Å². The van der Waals surface area contributed by atoms with E-state index in [1.807, 2.05) is 18.2 Å². The first-order chi connectivity index (χ1) is 14.7. The molecule has 1 N–H and O–H groups in total. The first-order valence-corrected chi connectivity index (χ1v) is 10.5. The summed E-state index contributed by atoms with van der Waals surface area (Å²) in [5.41, 5.74) is 3.84. The van der Waals surface area contributed by atoms with E-state index >= 15 is 0 Å². The van der Waals surface area contributed by atoms with Gasteiger partial charge in [0.15, 0.2) is 0 Å². The number of thioether (sulfide) groups is 1. The fourth-order valence-corrected chi connectivity index (χ4v) is 4.33. The van der Waals surface area contributed by atoms with Gasteiger partial charge in [0.05, 0.1) is 18.1 Å². The lowest BCUT2D eigenvalue weighted by Crippen LogP contribution is -2.35. The molecule has 0 spiro atoms. The highest BCUT2D eigenvalue weighted by atomic mass is 32.2. The van der Waals surface area contributed by atoms with Crippen LogP contribution in [-0.2, 0) is 16.1 Å².